The molecule has 0 unspecified atom stereocenters. The average Bonchev–Trinajstić information content (AvgIpc) is 2.46. The minimum atomic E-state index is 0.772. The first kappa shape index (κ1) is 12.4. The van der Waals surface area contributed by atoms with E-state index in [-0.39, 0.29) is 0 Å². The maximum absolute atomic E-state index is 5.56. The van der Waals surface area contributed by atoms with Gasteiger partial charge in [-0.2, -0.15) is 5.10 Å². The summed E-state index contributed by atoms with van der Waals surface area (Å²) in [6, 6.07) is 18.6. The van der Waals surface area contributed by atoms with E-state index in [1.165, 1.54) is 11.1 Å². The number of nitrogens with two attached hydrogens (primary N) is 1. The molecule has 2 nitrogen and oxygen atoms in total. The Morgan fingerprint density at radius 2 is 1.67 bits per heavy atom. The summed E-state index contributed by atoms with van der Waals surface area (Å²) >= 11 is 0. The molecule has 18 heavy (non-hydrogen) atoms. The molecule has 0 aliphatic carbocycles. The van der Waals surface area contributed by atoms with Gasteiger partial charge < -0.3 is 5.84 Å². The van der Waals surface area contributed by atoms with Gasteiger partial charge in [-0.3, -0.25) is 0 Å². The van der Waals surface area contributed by atoms with Gasteiger partial charge in [0.2, 0.25) is 0 Å². The van der Waals surface area contributed by atoms with Crippen LogP contribution in [-0.2, 0) is 12.8 Å². The van der Waals surface area contributed by atoms with Gasteiger partial charge in [0.05, 0.1) is 5.71 Å². The van der Waals surface area contributed by atoms with Crippen LogP contribution >= 0.6 is 0 Å². The molecule has 0 aliphatic rings. The number of benzene rings is 2. The predicted molar refractivity (Wildman–Crippen MR) is 76.7 cm³/mol. The third kappa shape index (κ3) is 2.77. The van der Waals surface area contributed by atoms with Crippen molar-refractivity contribution in [2.75, 3.05) is 0 Å². The van der Waals surface area contributed by atoms with E-state index >= 15 is 0 Å². The molecule has 0 saturated carbocycles. The Bertz CT molecular complexity index is 530. The van der Waals surface area contributed by atoms with Crippen LogP contribution in [0.2, 0.25) is 0 Å². The molecule has 0 amide bonds. The molecule has 0 aromatic heterocycles. The van der Waals surface area contributed by atoms with Gasteiger partial charge in [-0.15, -0.1) is 0 Å². The standard InChI is InChI=1S/C16H18N2/c1-2-14-10-6-7-11-15(14)16(18-17)12-13-8-4-3-5-9-13/h3-11H,2,12,17H2,1H3/b18-16-. The lowest BCUT2D eigenvalue weighted by Gasteiger charge is -2.10. The highest BCUT2D eigenvalue weighted by atomic mass is 15.1. The summed E-state index contributed by atoms with van der Waals surface area (Å²) in [6.07, 6.45) is 1.76. The second-order valence-corrected chi connectivity index (χ2v) is 4.25. The van der Waals surface area contributed by atoms with Crippen LogP contribution in [0.15, 0.2) is 59.7 Å². The Balaban J connectivity index is 2.30. The fourth-order valence-corrected chi connectivity index (χ4v) is 2.11. The molecule has 2 heteroatoms. The predicted octanol–water partition coefficient (Wildman–Crippen LogP) is 3.15. The molecule has 0 radical (unpaired) electrons. The summed E-state index contributed by atoms with van der Waals surface area (Å²) in [5, 5.41) is 3.98. The fourth-order valence-electron chi connectivity index (χ4n) is 2.11. The van der Waals surface area contributed by atoms with E-state index in [9.17, 15) is 0 Å². The minimum Gasteiger partial charge on any atom is -0.323 e. The highest BCUT2D eigenvalue weighted by Crippen LogP contribution is 2.14. The van der Waals surface area contributed by atoms with E-state index in [1.807, 2.05) is 24.3 Å². The molecule has 2 aromatic rings. The summed E-state index contributed by atoms with van der Waals surface area (Å²) < 4.78 is 0. The summed E-state index contributed by atoms with van der Waals surface area (Å²) in [5.74, 6) is 5.56. The van der Waals surface area contributed by atoms with Crippen LogP contribution in [0.25, 0.3) is 0 Å². The number of nitrogens with zero attached hydrogens (tertiary/aromatic N) is 1. The highest BCUT2D eigenvalue weighted by Gasteiger charge is 2.08. The average molecular weight is 238 g/mol. The maximum Gasteiger partial charge on any atom is 0.0719 e. The number of hydrazone groups is 1. The van der Waals surface area contributed by atoms with Crippen LogP contribution in [0.5, 0.6) is 0 Å². The van der Waals surface area contributed by atoms with E-state index in [1.54, 1.807) is 0 Å². The molecule has 0 atom stereocenters. The molecule has 0 fully saturated rings. The van der Waals surface area contributed by atoms with Gasteiger partial charge in [0.25, 0.3) is 0 Å². The van der Waals surface area contributed by atoms with Crippen LogP contribution in [0.1, 0.15) is 23.6 Å². The highest BCUT2D eigenvalue weighted by molar-refractivity contribution is 6.02. The number of aryl methyl sites for hydroxylation is 1. The zero-order valence-electron chi connectivity index (χ0n) is 10.6. The van der Waals surface area contributed by atoms with Crippen molar-refractivity contribution in [1.29, 1.82) is 0 Å². The maximum atomic E-state index is 5.56. The van der Waals surface area contributed by atoms with Gasteiger partial charge in [0, 0.05) is 12.0 Å². The third-order valence-electron chi connectivity index (χ3n) is 3.08. The Hall–Kier alpha value is -2.09. The first-order valence-corrected chi connectivity index (χ1v) is 6.24. The van der Waals surface area contributed by atoms with Crippen molar-refractivity contribution >= 4 is 5.71 Å². The van der Waals surface area contributed by atoms with Crippen LogP contribution in [0.3, 0.4) is 0 Å². The molecule has 2 aromatic carbocycles. The molecule has 2 rings (SSSR count). The SMILES string of the molecule is CCc1ccccc1/C(Cc1ccccc1)=N\N. The van der Waals surface area contributed by atoms with E-state index < -0.39 is 0 Å². The second-order valence-electron chi connectivity index (χ2n) is 4.25. The zero-order chi connectivity index (χ0) is 12.8. The quantitative estimate of drug-likeness (QED) is 0.496. The zero-order valence-corrected chi connectivity index (χ0v) is 10.6. The Labute approximate surface area is 108 Å². The molecular weight excluding hydrogens is 220 g/mol. The van der Waals surface area contributed by atoms with Crippen LogP contribution < -0.4 is 5.84 Å². The fraction of sp³-hybridized carbons (Fsp3) is 0.188. The molecule has 2 N–H and O–H groups in total. The van der Waals surface area contributed by atoms with Gasteiger partial charge >= 0.3 is 0 Å². The first-order valence-electron chi connectivity index (χ1n) is 6.24. The van der Waals surface area contributed by atoms with Crippen molar-refractivity contribution in [2.24, 2.45) is 10.9 Å². The smallest absolute Gasteiger partial charge is 0.0719 e. The Morgan fingerprint density at radius 1 is 1.00 bits per heavy atom. The van der Waals surface area contributed by atoms with Crippen molar-refractivity contribution < 1.29 is 0 Å². The van der Waals surface area contributed by atoms with Gasteiger partial charge in [-0.1, -0.05) is 61.5 Å². The van der Waals surface area contributed by atoms with E-state index in [0.29, 0.717) is 0 Å². The lowest BCUT2D eigenvalue weighted by molar-refractivity contribution is 1.11. The van der Waals surface area contributed by atoms with Crippen LogP contribution in [0, 0.1) is 0 Å². The van der Waals surface area contributed by atoms with Gasteiger partial charge in [0.1, 0.15) is 0 Å². The summed E-state index contributed by atoms with van der Waals surface area (Å²) in [4.78, 5) is 0. The summed E-state index contributed by atoms with van der Waals surface area (Å²) in [6.45, 7) is 2.15. The minimum absolute atomic E-state index is 0.772. The summed E-state index contributed by atoms with van der Waals surface area (Å²) in [7, 11) is 0. The third-order valence-corrected chi connectivity index (χ3v) is 3.08. The van der Waals surface area contributed by atoms with E-state index in [0.717, 1.165) is 24.1 Å². The molecule has 92 valence electrons. The van der Waals surface area contributed by atoms with Crippen LogP contribution in [-0.4, -0.2) is 5.71 Å². The topological polar surface area (TPSA) is 38.4 Å². The molecule has 0 saturated heterocycles. The van der Waals surface area contributed by atoms with Gasteiger partial charge in [-0.25, -0.2) is 0 Å². The van der Waals surface area contributed by atoms with Crippen molar-refractivity contribution in [1.82, 2.24) is 0 Å². The lowest BCUT2D eigenvalue weighted by Crippen LogP contribution is -2.10. The Kier molecular flexibility index (Phi) is 4.13. The second kappa shape index (κ2) is 6.01. The monoisotopic (exact) mass is 238 g/mol. The molecule has 0 aliphatic heterocycles. The number of hydrogen-bond acceptors (Lipinski definition) is 2. The largest absolute Gasteiger partial charge is 0.323 e. The lowest BCUT2D eigenvalue weighted by atomic mass is 9.96. The van der Waals surface area contributed by atoms with Crippen molar-refractivity contribution in [3.63, 3.8) is 0 Å². The van der Waals surface area contributed by atoms with Gasteiger partial charge in [-0.05, 0) is 17.5 Å². The number of hydrogen-bond donors (Lipinski definition) is 1. The molecular formula is C16H18N2. The molecule has 0 heterocycles. The van der Waals surface area contributed by atoms with Crippen molar-refractivity contribution in [2.45, 2.75) is 19.8 Å². The van der Waals surface area contributed by atoms with Crippen LogP contribution in [0.4, 0.5) is 0 Å². The Morgan fingerprint density at radius 3 is 2.33 bits per heavy atom. The molecule has 0 spiro atoms. The van der Waals surface area contributed by atoms with Gasteiger partial charge in [0.15, 0.2) is 0 Å². The first-order chi connectivity index (χ1) is 8.85. The van der Waals surface area contributed by atoms with Crippen molar-refractivity contribution in [3.05, 3.63) is 71.3 Å². The summed E-state index contributed by atoms with van der Waals surface area (Å²) in [5.41, 5.74) is 4.62. The van der Waals surface area contributed by atoms with E-state index in [2.05, 4.69) is 42.4 Å². The number of rotatable bonds is 4. The normalized spacial score (nSPS) is 11.5. The van der Waals surface area contributed by atoms with E-state index in [4.69, 9.17) is 5.84 Å². The molecule has 0 bridgehead atoms. The van der Waals surface area contributed by atoms with Crippen molar-refractivity contribution in [3.8, 4) is 0 Å².